The highest BCUT2D eigenvalue weighted by molar-refractivity contribution is 7.92. The number of carbonyl (C=O) groups is 1. The Balaban J connectivity index is 1.99. The van der Waals surface area contributed by atoms with Crippen molar-refractivity contribution in [1.82, 2.24) is 4.98 Å². The van der Waals surface area contributed by atoms with Crippen molar-refractivity contribution in [2.24, 2.45) is 0 Å². The largest absolute Gasteiger partial charge is 0.302 e. The van der Waals surface area contributed by atoms with E-state index in [2.05, 4.69) is 15.0 Å². The maximum Gasteiger partial charge on any atom is 0.261 e. The van der Waals surface area contributed by atoms with Crippen LogP contribution >= 0.6 is 11.3 Å². The molecule has 0 aliphatic rings. The highest BCUT2D eigenvalue weighted by atomic mass is 32.2. The summed E-state index contributed by atoms with van der Waals surface area (Å²) >= 11 is 1.30. The third-order valence-corrected chi connectivity index (χ3v) is 7.39. The van der Waals surface area contributed by atoms with E-state index < -0.39 is 20.8 Å². The number of hydrogen-bond donors (Lipinski definition) is 2. The number of anilines is 2. The standard InChI is InChI=1S/C19H19N3O4S3/c1-12-18(27-19(20-12)21-13(2)23)14-9-10-16(17(11-14)28(3)24)22-29(25,26)15-7-5-4-6-8-15/h4-11,22H,1-3H3,(H,20,21,23). The van der Waals surface area contributed by atoms with Gasteiger partial charge in [0, 0.05) is 13.2 Å². The Morgan fingerprint density at radius 3 is 2.45 bits per heavy atom. The lowest BCUT2D eigenvalue weighted by Crippen LogP contribution is -2.14. The number of amides is 1. The van der Waals surface area contributed by atoms with E-state index in [9.17, 15) is 17.4 Å². The molecule has 3 aromatic rings. The summed E-state index contributed by atoms with van der Waals surface area (Å²) < 4.78 is 40.1. The van der Waals surface area contributed by atoms with Crippen molar-refractivity contribution in [3.63, 3.8) is 0 Å². The van der Waals surface area contributed by atoms with E-state index in [1.54, 1.807) is 36.4 Å². The lowest BCUT2D eigenvalue weighted by atomic mass is 10.1. The topological polar surface area (TPSA) is 105 Å². The first-order valence-corrected chi connectivity index (χ1v) is 12.3. The molecule has 1 amide bonds. The highest BCUT2D eigenvalue weighted by Gasteiger charge is 2.19. The predicted molar refractivity (Wildman–Crippen MR) is 116 cm³/mol. The van der Waals surface area contributed by atoms with Crippen molar-refractivity contribution < 1.29 is 17.4 Å². The molecular formula is C19H19N3O4S3. The van der Waals surface area contributed by atoms with Gasteiger partial charge in [-0.2, -0.15) is 0 Å². The lowest BCUT2D eigenvalue weighted by molar-refractivity contribution is -0.114. The molecular weight excluding hydrogens is 430 g/mol. The molecule has 10 heteroatoms. The van der Waals surface area contributed by atoms with Crippen molar-refractivity contribution >= 4 is 48.9 Å². The van der Waals surface area contributed by atoms with Crippen LogP contribution in [0.1, 0.15) is 12.6 Å². The third-order valence-electron chi connectivity index (χ3n) is 3.93. The van der Waals surface area contributed by atoms with Crippen LogP contribution in [-0.4, -0.2) is 29.8 Å². The molecule has 7 nitrogen and oxygen atoms in total. The van der Waals surface area contributed by atoms with Gasteiger partial charge in [0.05, 0.1) is 36.8 Å². The zero-order chi connectivity index (χ0) is 21.2. The second-order valence-corrected chi connectivity index (χ2v) is 10.2. The van der Waals surface area contributed by atoms with Crippen LogP contribution in [0, 0.1) is 6.92 Å². The second-order valence-electron chi connectivity index (χ2n) is 6.20. The number of hydrogen-bond acceptors (Lipinski definition) is 6. The van der Waals surface area contributed by atoms with Crippen molar-refractivity contribution in [1.29, 1.82) is 0 Å². The molecule has 0 saturated heterocycles. The monoisotopic (exact) mass is 449 g/mol. The number of carbonyl (C=O) groups excluding carboxylic acids is 1. The molecule has 0 aliphatic heterocycles. The fourth-order valence-corrected chi connectivity index (χ4v) is 5.55. The van der Waals surface area contributed by atoms with Crippen LogP contribution in [0.15, 0.2) is 58.3 Å². The minimum absolute atomic E-state index is 0.121. The average molecular weight is 450 g/mol. The van der Waals surface area contributed by atoms with Crippen molar-refractivity contribution in [2.45, 2.75) is 23.6 Å². The molecule has 0 aliphatic carbocycles. The van der Waals surface area contributed by atoms with E-state index in [4.69, 9.17) is 0 Å². The first kappa shape index (κ1) is 21.2. The summed E-state index contributed by atoms with van der Waals surface area (Å²) in [5, 5.41) is 3.12. The molecule has 29 heavy (non-hydrogen) atoms. The van der Waals surface area contributed by atoms with E-state index in [1.807, 2.05) is 6.92 Å². The molecule has 2 N–H and O–H groups in total. The van der Waals surface area contributed by atoms with Crippen molar-refractivity contribution in [3.8, 4) is 10.4 Å². The van der Waals surface area contributed by atoms with Gasteiger partial charge < -0.3 is 5.32 Å². The number of thiazole rings is 1. The summed E-state index contributed by atoms with van der Waals surface area (Å²) in [6.07, 6.45) is 1.49. The van der Waals surface area contributed by atoms with Crippen LogP contribution in [0.5, 0.6) is 0 Å². The summed E-state index contributed by atoms with van der Waals surface area (Å²) in [6, 6.07) is 13.0. The van der Waals surface area contributed by atoms with Gasteiger partial charge in [0.15, 0.2) is 5.13 Å². The molecule has 1 aromatic heterocycles. The number of aromatic nitrogens is 1. The number of nitrogens with one attached hydrogen (secondary N) is 2. The van der Waals surface area contributed by atoms with E-state index in [0.29, 0.717) is 15.7 Å². The number of aryl methyl sites for hydroxylation is 1. The van der Waals surface area contributed by atoms with Gasteiger partial charge in [0.25, 0.3) is 10.0 Å². The fraction of sp³-hybridized carbons (Fsp3) is 0.158. The van der Waals surface area contributed by atoms with Crippen LogP contribution in [-0.2, 0) is 25.6 Å². The highest BCUT2D eigenvalue weighted by Crippen LogP contribution is 2.35. The van der Waals surface area contributed by atoms with Gasteiger partial charge in [-0.3, -0.25) is 13.7 Å². The Labute approximate surface area is 175 Å². The quantitative estimate of drug-likeness (QED) is 0.598. The molecule has 2 aromatic carbocycles. The number of rotatable bonds is 6. The molecule has 0 bridgehead atoms. The van der Waals surface area contributed by atoms with Gasteiger partial charge in [0.2, 0.25) is 5.91 Å². The Morgan fingerprint density at radius 1 is 1.14 bits per heavy atom. The normalized spacial score (nSPS) is 12.4. The first-order chi connectivity index (χ1) is 13.7. The number of sulfonamides is 1. The predicted octanol–water partition coefficient (Wildman–Crippen LogP) is 3.62. The summed E-state index contributed by atoms with van der Waals surface area (Å²) in [4.78, 5) is 16.9. The van der Waals surface area contributed by atoms with Gasteiger partial charge >= 0.3 is 0 Å². The number of nitrogens with zero attached hydrogens (tertiary/aromatic N) is 1. The molecule has 0 fully saturated rings. The summed E-state index contributed by atoms with van der Waals surface area (Å²) in [6.45, 7) is 3.22. The maximum atomic E-state index is 12.6. The number of benzene rings is 2. The van der Waals surface area contributed by atoms with Crippen molar-refractivity contribution in [3.05, 3.63) is 54.2 Å². The van der Waals surface area contributed by atoms with Crippen LogP contribution < -0.4 is 10.0 Å². The molecule has 0 saturated carbocycles. The van der Waals surface area contributed by atoms with Gasteiger partial charge in [0.1, 0.15) is 0 Å². The Kier molecular flexibility index (Phi) is 6.15. The molecule has 1 unspecified atom stereocenters. The molecule has 152 valence electrons. The van der Waals surface area contributed by atoms with Crippen molar-refractivity contribution in [2.75, 3.05) is 16.3 Å². The van der Waals surface area contributed by atoms with Gasteiger partial charge in [-0.05, 0) is 36.8 Å². The van der Waals surface area contributed by atoms with E-state index in [1.165, 1.54) is 36.6 Å². The molecule has 0 radical (unpaired) electrons. The van der Waals surface area contributed by atoms with Gasteiger partial charge in [-0.1, -0.05) is 35.6 Å². The first-order valence-electron chi connectivity index (χ1n) is 8.48. The van der Waals surface area contributed by atoms with Gasteiger partial charge in [-0.15, -0.1) is 0 Å². The van der Waals surface area contributed by atoms with E-state index >= 15 is 0 Å². The fourth-order valence-electron chi connectivity index (χ4n) is 2.66. The Morgan fingerprint density at radius 2 is 1.83 bits per heavy atom. The lowest BCUT2D eigenvalue weighted by Gasteiger charge is -2.13. The molecule has 1 heterocycles. The third kappa shape index (κ3) is 4.89. The average Bonchev–Trinajstić information content (AvgIpc) is 3.01. The Bertz CT molecular complexity index is 1190. The van der Waals surface area contributed by atoms with Crippen LogP contribution in [0.2, 0.25) is 0 Å². The minimum Gasteiger partial charge on any atom is -0.302 e. The maximum absolute atomic E-state index is 12.6. The summed E-state index contributed by atoms with van der Waals surface area (Å²) in [5.74, 6) is -0.216. The summed E-state index contributed by atoms with van der Waals surface area (Å²) in [7, 11) is -5.24. The summed E-state index contributed by atoms with van der Waals surface area (Å²) in [5.41, 5.74) is 1.70. The van der Waals surface area contributed by atoms with Crippen LogP contribution in [0.25, 0.3) is 10.4 Å². The smallest absolute Gasteiger partial charge is 0.261 e. The SMILES string of the molecule is CC(=O)Nc1nc(C)c(-c2ccc(NS(=O)(=O)c3ccccc3)c(S(C)=O)c2)s1. The Hall–Kier alpha value is -2.56. The zero-order valence-electron chi connectivity index (χ0n) is 15.9. The van der Waals surface area contributed by atoms with Crippen LogP contribution in [0.4, 0.5) is 10.8 Å². The molecule has 1 atom stereocenters. The molecule has 0 spiro atoms. The zero-order valence-corrected chi connectivity index (χ0v) is 18.4. The van der Waals surface area contributed by atoms with Crippen LogP contribution in [0.3, 0.4) is 0 Å². The molecule has 3 rings (SSSR count). The van der Waals surface area contributed by atoms with Gasteiger partial charge in [-0.25, -0.2) is 13.4 Å². The minimum atomic E-state index is -3.81. The van der Waals surface area contributed by atoms with E-state index in [0.717, 1.165) is 10.4 Å². The van der Waals surface area contributed by atoms with E-state index in [-0.39, 0.29) is 16.5 Å². The second kappa shape index (κ2) is 8.44.